The fourth-order valence-corrected chi connectivity index (χ4v) is 6.07. The molecule has 0 bridgehead atoms. The Balaban J connectivity index is 1.55. The lowest BCUT2D eigenvalue weighted by molar-refractivity contribution is 0.0194. The quantitative estimate of drug-likeness (QED) is 0.852. The standard InChI is InChI=1S/C17H23N3O4S2/c1-16(2,3)12-6-7-13(25-12)26(22,23)20-9-8-17(21,10-20)15-18-14(19-24-15)11-4-5-11/h6-7,11,21H,4-5,8-10H2,1-3H3/t17-/m1/s1. The van der Waals surface area contributed by atoms with Gasteiger partial charge in [-0.05, 0) is 30.4 Å². The molecule has 1 saturated heterocycles. The summed E-state index contributed by atoms with van der Waals surface area (Å²) in [4.78, 5) is 5.32. The van der Waals surface area contributed by atoms with Gasteiger partial charge >= 0.3 is 0 Å². The molecule has 0 aromatic carbocycles. The first-order valence-electron chi connectivity index (χ1n) is 8.76. The Morgan fingerprint density at radius 2 is 2.08 bits per heavy atom. The topological polar surface area (TPSA) is 96.5 Å². The molecular formula is C17H23N3O4S2. The second kappa shape index (κ2) is 5.85. The van der Waals surface area contributed by atoms with Gasteiger partial charge in [0.05, 0.1) is 6.54 Å². The van der Waals surface area contributed by atoms with E-state index in [0.29, 0.717) is 16.0 Å². The van der Waals surface area contributed by atoms with Crippen LogP contribution in [0.25, 0.3) is 0 Å². The van der Waals surface area contributed by atoms with Gasteiger partial charge in [0.1, 0.15) is 4.21 Å². The number of nitrogens with zero attached hydrogens (tertiary/aromatic N) is 3. The molecule has 26 heavy (non-hydrogen) atoms. The van der Waals surface area contributed by atoms with Crippen molar-refractivity contribution >= 4 is 21.4 Å². The lowest BCUT2D eigenvalue weighted by atomic mass is 9.95. The van der Waals surface area contributed by atoms with Crippen LogP contribution in [0.5, 0.6) is 0 Å². The van der Waals surface area contributed by atoms with E-state index in [9.17, 15) is 13.5 Å². The van der Waals surface area contributed by atoms with Crippen LogP contribution in [0, 0.1) is 0 Å². The third-order valence-electron chi connectivity index (χ3n) is 4.91. The first-order chi connectivity index (χ1) is 12.1. The van der Waals surface area contributed by atoms with Crippen LogP contribution in [0.2, 0.25) is 0 Å². The van der Waals surface area contributed by atoms with Crippen molar-refractivity contribution in [1.82, 2.24) is 14.4 Å². The molecule has 0 unspecified atom stereocenters. The van der Waals surface area contributed by atoms with E-state index in [0.717, 1.165) is 17.7 Å². The predicted octanol–water partition coefficient (Wildman–Crippen LogP) is 2.59. The van der Waals surface area contributed by atoms with Crippen LogP contribution in [0.3, 0.4) is 0 Å². The van der Waals surface area contributed by atoms with Gasteiger partial charge in [-0.15, -0.1) is 11.3 Å². The lowest BCUT2D eigenvalue weighted by Gasteiger charge is -2.19. The number of β-amino-alcohol motifs (C(OH)–C–C–N with tert-alkyl or cyclic N) is 1. The zero-order chi connectivity index (χ0) is 18.7. The maximum Gasteiger partial charge on any atom is 0.260 e. The van der Waals surface area contributed by atoms with Crippen molar-refractivity contribution in [2.75, 3.05) is 13.1 Å². The van der Waals surface area contributed by atoms with Crippen LogP contribution in [0.1, 0.15) is 62.5 Å². The predicted molar refractivity (Wildman–Crippen MR) is 96.6 cm³/mol. The summed E-state index contributed by atoms with van der Waals surface area (Å²) in [5.41, 5.74) is -1.52. The largest absolute Gasteiger partial charge is 0.379 e. The van der Waals surface area contributed by atoms with Crippen LogP contribution in [-0.2, 0) is 21.0 Å². The summed E-state index contributed by atoms with van der Waals surface area (Å²) in [6.07, 6.45) is 2.31. The minimum Gasteiger partial charge on any atom is -0.379 e. The molecular weight excluding hydrogens is 374 g/mol. The van der Waals surface area contributed by atoms with Crippen LogP contribution >= 0.6 is 11.3 Å². The average molecular weight is 398 g/mol. The highest BCUT2D eigenvalue weighted by atomic mass is 32.2. The number of sulfonamides is 1. The van der Waals surface area contributed by atoms with Gasteiger partial charge in [0.25, 0.3) is 15.9 Å². The molecule has 9 heteroatoms. The second-order valence-corrected chi connectivity index (χ2v) is 11.5. The maximum absolute atomic E-state index is 13.0. The van der Waals surface area contributed by atoms with E-state index >= 15 is 0 Å². The van der Waals surface area contributed by atoms with Crippen LogP contribution < -0.4 is 0 Å². The van der Waals surface area contributed by atoms with E-state index in [1.54, 1.807) is 6.07 Å². The van der Waals surface area contributed by atoms with Gasteiger partial charge in [0.15, 0.2) is 11.4 Å². The van der Waals surface area contributed by atoms with Crippen molar-refractivity contribution in [2.45, 2.75) is 61.2 Å². The summed E-state index contributed by atoms with van der Waals surface area (Å²) < 4.78 is 32.8. The molecule has 1 aliphatic carbocycles. The van der Waals surface area contributed by atoms with E-state index in [2.05, 4.69) is 30.9 Å². The minimum atomic E-state index is -3.65. The maximum atomic E-state index is 13.0. The van der Waals surface area contributed by atoms with Gasteiger partial charge in [0, 0.05) is 23.8 Å². The van der Waals surface area contributed by atoms with E-state index in [1.807, 2.05) is 6.07 Å². The monoisotopic (exact) mass is 397 g/mol. The van der Waals surface area contributed by atoms with Crippen molar-refractivity contribution in [1.29, 1.82) is 0 Å². The van der Waals surface area contributed by atoms with Gasteiger partial charge in [0.2, 0.25) is 0 Å². The van der Waals surface area contributed by atoms with Crippen molar-refractivity contribution in [3.8, 4) is 0 Å². The summed E-state index contributed by atoms with van der Waals surface area (Å²) in [6.45, 7) is 6.32. The Kier molecular flexibility index (Phi) is 4.07. The molecule has 0 spiro atoms. The number of thiophene rings is 1. The van der Waals surface area contributed by atoms with E-state index in [1.165, 1.54) is 15.6 Å². The van der Waals surface area contributed by atoms with Crippen molar-refractivity contribution < 1.29 is 18.0 Å². The third kappa shape index (κ3) is 3.11. The highest BCUT2D eigenvalue weighted by Gasteiger charge is 2.47. The molecule has 1 atom stereocenters. The molecule has 0 amide bonds. The smallest absolute Gasteiger partial charge is 0.260 e. The van der Waals surface area contributed by atoms with Gasteiger partial charge in [-0.25, -0.2) is 8.42 Å². The number of hydrogen-bond acceptors (Lipinski definition) is 7. The molecule has 4 rings (SSSR count). The average Bonchev–Trinajstić information content (AvgIpc) is 3.01. The highest BCUT2D eigenvalue weighted by Crippen LogP contribution is 2.41. The fraction of sp³-hybridized carbons (Fsp3) is 0.647. The first kappa shape index (κ1) is 18.1. The zero-order valence-corrected chi connectivity index (χ0v) is 16.7. The molecule has 0 radical (unpaired) electrons. The highest BCUT2D eigenvalue weighted by molar-refractivity contribution is 7.91. The number of aromatic nitrogens is 2. The van der Waals surface area contributed by atoms with Gasteiger partial charge in [-0.3, -0.25) is 0 Å². The van der Waals surface area contributed by atoms with Crippen LogP contribution in [0.15, 0.2) is 20.9 Å². The molecule has 1 saturated carbocycles. The van der Waals surface area contributed by atoms with Crippen LogP contribution in [0.4, 0.5) is 0 Å². The third-order valence-corrected chi connectivity index (χ3v) is 8.73. The molecule has 2 fully saturated rings. The molecule has 2 aromatic heterocycles. The Morgan fingerprint density at radius 1 is 1.35 bits per heavy atom. The van der Waals surface area contributed by atoms with Crippen molar-refractivity contribution in [2.24, 2.45) is 0 Å². The molecule has 2 aliphatic rings. The van der Waals surface area contributed by atoms with Gasteiger partial charge in [-0.2, -0.15) is 9.29 Å². The fourth-order valence-electron chi connectivity index (χ4n) is 3.06. The minimum absolute atomic E-state index is 0.0651. The lowest BCUT2D eigenvalue weighted by Crippen LogP contribution is -2.34. The van der Waals surface area contributed by atoms with E-state index < -0.39 is 15.6 Å². The first-order valence-corrected chi connectivity index (χ1v) is 11.0. The number of hydrogen-bond donors (Lipinski definition) is 1. The Bertz CT molecular complexity index is 924. The Labute approximate surface area is 157 Å². The Hall–Kier alpha value is -1.29. The summed E-state index contributed by atoms with van der Waals surface area (Å²) in [7, 11) is -3.65. The summed E-state index contributed by atoms with van der Waals surface area (Å²) in [5, 5.41) is 14.8. The molecule has 3 heterocycles. The molecule has 7 nitrogen and oxygen atoms in total. The van der Waals surface area contributed by atoms with Crippen molar-refractivity contribution in [3.63, 3.8) is 0 Å². The summed E-state index contributed by atoms with van der Waals surface area (Å²) in [6, 6.07) is 3.51. The molecule has 2 aromatic rings. The van der Waals surface area contributed by atoms with Gasteiger partial charge in [-0.1, -0.05) is 25.9 Å². The summed E-state index contributed by atoms with van der Waals surface area (Å²) >= 11 is 1.28. The number of aliphatic hydroxyl groups is 1. The zero-order valence-electron chi connectivity index (χ0n) is 15.1. The summed E-state index contributed by atoms with van der Waals surface area (Å²) in [5.74, 6) is 1.06. The number of rotatable bonds is 4. The van der Waals surface area contributed by atoms with Crippen molar-refractivity contribution in [3.05, 3.63) is 28.7 Å². The van der Waals surface area contributed by atoms with Crippen LogP contribution in [-0.4, -0.2) is 41.1 Å². The van der Waals surface area contributed by atoms with E-state index in [4.69, 9.17) is 4.52 Å². The normalized spacial score (nSPS) is 25.1. The molecule has 142 valence electrons. The van der Waals surface area contributed by atoms with Gasteiger partial charge < -0.3 is 9.63 Å². The second-order valence-electron chi connectivity index (χ2n) is 8.22. The SMILES string of the molecule is CC(C)(C)c1ccc(S(=O)(=O)N2CC[C@](O)(c3nc(C4CC4)no3)C2)s1. The van der Waals surface area contributed by atoms with E-state index in [-0.39, 0.29) is 30.8 Å². The Morgan fingerprint density at radius 3 is 2.69 bits per heavy atom. The molecule has 1 aliphatic heterocycles. The molecule has 1 N–H and O–H groups in total.